The molecule has 1 aliphatic rings. The van der Waals surface area contributed by atoms with E-state index in [2.05, 4.69) is 20.9 Å². The summed E-state index contributed by atoms with van der Waals surface area (Å²) < 4.78 is 11.1. The first-order valence-electron chi connectivity index (χ1n) is 6.72. The van der Waals surface area contributed by atoms with E-state index in [0.29, 0.717) is 16.9 Å². The fourth-order valence-electron chi connectivity index (χ4n) is 2.05. The lowest BCUT2D eigenvalue weighted by molar-refractivity contribution is -0.129. The molecule has 6 heteroatoms. The highest BCUT2D eigenvalue weighted by Crippen LogP contribution is 2.27. The van der Waals surface area contributed by atoms with Gasteiger partial charge in [-0.2, -0.15) is 0 Å². The van der Waals surface area contributed by atoms with E-state index in [4.69, 9.17) is 9.47 Å². The third kappa shape index (κ3) is 3.27. The molecule has 116 valence electrons. The van der Waals surface area contributed by atoms with Gasteiger partial charge in [-0.3, -0.25) is 0 Å². The first-order chi connectivity index (χ1) is 11.1. The van der Waals surface area contributed by atoms with Crippen molar-refractivity contribution in [3.63, 3.8) is 0 Å². The molecule has 0 bridgehead atoms. The van der Waals surface area contributed by atoms with Crippen LogP contribution in [0.25, 0.3) is 6.08 Å². The number of hydrogen-bond donors (Lipinski definition) is 1. The van der Waals surface area contributed by atoms with Crippen molar-refractivity contribution in [1.29, 1.82) is 0 Å². The van der Waals surface area contributed by atoms with E-state index < -0.39 is 5.97 Å². The van der Waals surface area contributed by atoms with E-state index in [1.165, 1.54) is 12.1 Å². The van der Waals surface area contributed by atoms with Gasteiger partial charge < -0.3 is 14.6 Å². The molecule has 1 N–H and O–H groups in total. The maximum absolute atomic E-state index is 12.0. The van der Waals surface area contributed by atoms with Crippen LogP contribution in [0.1, 0.15) is 11.1 Å². The number of hydrogen-bond acceptors (Lipinski definition) is 5. The number of nitrogens with zero attached hydrogens (tertiary/aromatic N) is 1. The highest BCUT2D eigenvalue weighted by molar-refractivity contribution is 9.10. The fraction of sp³-hybridized carbons (Fsp3) is 0.0588. The van der Waals surface area contributed by atoms with E-state index in [0.717, 1.165) is 4.47 Å². The molecule has 2 aromatic carbocycles. The quantitative estimate of drug-likeness (QED) is 0.660. The molecular weight excluding hydrogens is 362 g/mol. The van der Waals surface area contributed by atoms with Gasteiger partial charge in [0, 0.05) is 15.6 Å². The molecule has 5 nitrogen and oxygen atoms in total. The Morgan fingerprint density at radius 3 is 2.65 bits per heavy atom. The number of methoxy groups -OCH3 is 1. The number of benzene rings is 2. The summed E-state index contributed by atoms with van der Waals surface area (Å²) in [6.07, 6.45) is 1.49. The van der Waals surface area contributed by atoms with Crippen LogP contribution in [0.2, 0.25) is 0 Å². The summed E-state index contributed by atoms with van der Waals surface area (Å²) >= 11 is 3.32. The largest absolute Gasteiger partial charge is 0.507 e. The van der Waals surface area contributed by atoms with Gasteiger partial charge in [0.25, 0.3) is 0 Å². The van der Waals surface area contributed by atoms with Gasteiger partial charge in [0.2, 0.25) is 5.90 Å². The lowest BCUT2D eigenvalue weighted by Gasteiger charge is -2.01. The molecule has 0 fully saturated rings. The number of esters is 1. The topological polar surface area (TPSA) is 68.1 Å². The number of ether oxygens (including phenoxy) is 2. The van der Waals surface area contributed by atoms with Crippen LogP contribution in [0.15, 0.2) is 57.6 Å². The monoisotopic (exact) mass is 373 g/mol. The lowest BCUT2D eigenvalue weighted by Crippen LogP contribution is -2.05. The average Bonchev–Trinajstić information content (AvgIpc) is 2.92. The second-order valence-corrected chi connectivity index (χ2v) is 5.68. The van der Waals surface area contributed by atoms with Gasteiger partial charge >= 0.3 is 5.97 Å². The highest BCUT2D eigenvalue weighted by Gasteiger charge is 2.24. The van der Waals surface area contributed by atoms with Crippen LogP contribution < -0.4 is 4.74 Å². The van der Waals surface area contributed by atoms with Crippen LogP contribution in [0.4, 0.5) is 0 Å². The molecule has 0 spiro atoms. The Morgan fingerprint density at radius 2 is 1.96 bits per heavy atom. The number of cyclic esters (lactones) is 1. The van der Waals surface area contributed by atoms with Gasteiger partial charge in [-0.15, -0.1) is 0 Å². The first-order valence-corrected chi connectivity index (χ1v) is 7.51. The van der Waals surface area contributed by atoms with Crippen LogP contribution in [-0.4, -0.2) is 24.1 Å². The molecule has 0 atom stereocenters. The van der Waals surface area contributed by atoms with Gasteiger partial charge in [-0.25, -0.2) is 9.79 Å². The minimum absolute atomic E-state index is 0.0570. The van der Waals surface area contributed by atoms with Crippen molar-refractivity contribution in [3.8, 4) is 11.5 Å². The zero-order valence-corrected chi connectivity index (χ0v) is 13.7. The van der Waals surface area contributed by atoms with Crippen molar-refractivity contribution in [2.75, 3.05) is 7.11 Å². The molecule has 1 aliphatic heterocycles. The predicted molar refractivity (Wildman–Crippen MR) is 89.4 cm³/mol. The van der Waals surface area contributed by atoms with E-state index in [9.17, 15) is 9.90 Å². The number of aliphatic imine (C=N–C) groups is 1. The molecule has 23 heavy (non-hydrogen) atoms. The number of rotatable bonds is 3. The Hall–Kier alpha value is -2.60. The zero-order valence-electron chi connectivity index (χ0n) is 12.1. The second kappa shape index (κ2) is 6.26. The molecule has 0 aliphatic carbocycles. The summed E-state index contributed by atoms with van der Waals surface area (Å²) in [5, 5.41) is 9.84. The first kappa shape index (κ1) is 15.3. The Kier molecular flexibility index (Phi) is 4.16. The average molecular weight is 374 g/mol. The third-order valence-corrected chi connectivity index (χ3v) is 3.73. The molecule has 2 aromatic rings. The molecule has 0 amide bonds. The van der Waals surface area contributed by atoms with E-state index >= 15 is 0 Å². The summed E-state index contributed by atoms with van der Waals surface area (Å²) in [5.74, 6) is 0.420. The molecule has 0 saturated carbocycles. The van der Waals surface area contributed by atoms with Crippen LogP contribution in [0.3, 0.4) is 0 Å². The van der Waals surface area contributed by atoms with Crippen molar-refractivity contribution < 1.29 is 19.4 Å². The number of phenolic OH excluding ortho intramolecular Hbond substituents is 1. The maximum Gasteiger partial charge on any atom is 0.363 e. The molecule has 1 heterocycles. The van der Waals surface area contributed by atoms with Crippen LogP contribution in [0.5, 0.6) is 11.5 Å². The van der Waals surface area contributed by atoms with Crippen LogP contribution in [-0.2, 0) is 9.53 Å². The van der Waals surface area contributed by atoms with Gasteiger partial charge in [-0.1, -0.05) is 15.9 Å². The summed E-state index contributed by atoms with van der Waals surface area (Å²) in [6, 6.07) is 12.0. The van der Waals surface area contributed by atoms with E-state index in [1.807, 2.05) is 0 Å². The molecule has 0 radical (unpaired) electrons. The SMILES string of the molecule is COc1ccc(C2=N/C(=C/c3cc(Br)ccc3O)C(=O)O2)cc1. The number of phenols is 1. The molecule has 0 aromatic heterocycles. The van der Waals surface area contributed by atoms with Gasteiger partial charge in [0.1, 0.15) is 11.5 Å². The van der Waals surface area contributed by atoms with E-state index in [1.54, 1.807) is 43.5 Å². The van der Waals surface area contributed by atoms with Crippen molar-refractivity contribution >= 4 is 33.9 Å². The molecule has 3 rings (SSSR count). The Morgan fingerprint density at radius 1 is 1.22 bits per heavy atom. The predicted octanol–water partition coefficient (Wildman–Crippen LogP) is 3.51. The van der Waals surface area contributed by atoms with Gasteiger partial charge in [0.15, 0.2) is 5.70 Å². The number of carbonyl (C=O) groups excluding carboxylic acids is 1. The lowest BCUT2D eigenvalue weighted by atomic mass is 10.1. The maximum atomic E-state index is 12.0. The van der Waals surface area contributed by atoms with Crippen molar-refractivity contribution in [2.24, 2.45) is 4.99 Å². The van der Waals surface area contributed by atoms with Crippen molar-refractivity contribution in [2.45, 2.75) is 0 Å². The van der Waals surface area contributed by atoms with Gasteiger partial charge in [-0.05, 0) is 48.5 Å². The van der Waals surface area contributed by atoms with Crippen LogP contribution >= 0.6 is 15.9 Å². The summed E-state index contributed by atoms with van der Waals surface area (Å²) in [6.45, 7) is 0. The Labute approximate surface area is 141 Å². The van der Waals surface area contributed by atoms with E-state index in [-0.39, 0.29) is 17.3 Å². The Balaban J connectivity index is 1.94. The smallest absolute Gasteiger partial charge is 0.363 e. The Bertz CT molecular complexity index is 825. The van der Waals surface area contributed by atoms with Crippen LogP contribution in [0, 0.1) is 0 Å². The van der Waals surface area contributed by atoms with Crippen molar-refractivity contribution in [3.05, 3.63) is 63.8 Å². The molecule has 0 saturated heterocycles. The van der Waals surface area contributed by atoms with Crippen molar-refractivity contribution in [1.82, 2.24) is 0 Å². The number of halogens is 1. The second-order valence-electron chi connectivity index (χ2n) is 4.77. The summed E-state index contributed by atoms with van der Waals surface area (Å²) in [5.41, 5.74) is 1.27. The normalized spacial score (nSPS) is 15.5. The molecular formula is C17H12BrNO4. The zero-order chi connectivity index (χ0) is 16.4. The molecule has 0 unspecified atom stereocenters. The number of carbonyl (C=O) groups is 1. The third-order valence-electron chi connectivity index (χ3n) is 3.24. The summed E-state index contributed by atoms with van der Waals surface area (Å²) in [7, 11) is 1.58. The number of aromatic hydroxyl groups is 1. The summed E-state index contributed by atoms with van der Waals surface area (Å²) in [4.78, 5) is 16.2. The van der Waals surface area contributed by atoms with Gasteiger partial charge in [0.05, 0.1) is 7.11 Å². The minimum atomic E-state index is -0.560. The highest BCUT2D eigenvalue weighted by atomic mass is 79.9. The fourth-order valence-corrected chi connectivity index (χ4v) is 2.43. The minimum Gasteiger partial charge on any atom is -0.507 e. The standard InChI is InChI=1S/C17H12BrNO4/c1-22-13-5-2-10(3-6-13)16-19-14(17(21)23-16)9-11-8-12(18)4-7-15(11)20/h2-9,20H,1H3/b14-9+.